The molecule has 0 N–H and O–H groups in total. The third kappa shape index (κ3) is 7.95. The maximum atomic E-state index is 13.4. The lowest BCUT2D eigenvalue weighted by molar-refractivity contribution is -0.132. The van der Waals surface area contributed by atoms with Crippen molar-refractivity contribution in [1.82, 2.24) is 14.1 Å². The second kappa shape index (κ2) is 13.6. The first-order valence-corrected chi connectivity index (χ1v) is 13.8. The Labute approximate surface area is 213 Å². The van der Waals surface area contributed by atoms with Crippen molar-refractivity contribution in [1.29, 1.82) is 0 Å². The summed E-state index contributed by atoms with van der Waals surface area (Å²) in [5.74, 6) is 1.54. The molecule has 36 heavy (non-hydrogen) atoms. The number of hydrogen-bond acceptors (Lipinski definition) is 8. The van der Waals surface area contributed by atoms with Crippen molar-refractivity contribution in [2.45, 2.75) is 19.9 Å². The van der Waals surface area contributed by atoms with Gasteiger partial charge in [-0.2, -0.15) is 4.31 Å². The van der Waals surface area contributed by atoms with E-state index in [1.807, 2.05) is 18.2 Å². The number of rotatable bonds is 14. The number of ether oxygens (including phenoxy) is 3. The minimum atomic E-state index is -3.56. The van der Waals surface area contributed by atoms with Crippen molar-refractivity contribution in [2.24, 2.45) is 0 Å². The van der Waals surface area contributed by atoms with Crippen LogP contribution in [0.15, 0.2) is 41.0 Å². The Morgan fingerprint density at radius 3 is 2.47 bits per heavy atom. The second-order valence-corrected chi connectivity index (χ2v) is 10.8. The molecule has 2 heterocycles. The van der Waals surface area contributed by atoms with Crippen molar-refractivity contribution in [3.8, 4) is 11.5 Å². The standard InChI is InChI=1S/C25H37N3O7S/c1-4-36(30,31)28(12-11-26-13-16-34-17-14-26)20-25(29)27(19-22-6-5-15-35-22)10-9-21-7-8-23(32-2)24(18-21)33-3/h5-8,15,18H,4,9-14,16-17,19-20H2,1-3H3. The fourth-order valence-corrected chi connectivity index (χ4v) is 5.04. The molecular weight excluding hydrogens is 486 g/mol. The average Bonchev–Trinajstić information content (AvgIpc) is 3.42. The zero-order chi connectivity index (χ0) is 26.0. The number of amides is 1. The number of benzene rings is 1. The number of sulfonamides is 1. The second-order valence-electron chi connectivity index (χ2n) is 8.52. The molecule has 0 aliphatic carbocycles. The Bertz CT molecular complexity index is 1050. The van der Waals surface area contributed by atoms with E-state index in [4.69, 9.17) is 18.6 Å². The van der Waals surface area contributed by atoms with Gasteiger partial charge in [-0.05, 0) is 43.2 Å². The van der Waals surface area contributed by atoms with E-state index in [-0.39, 0.29) is 31.3 Å². The van der Waals surface area contributed by atoms with Crippen LogP contribution in [0.5, 0.6) is 11.5 Å². The topological polar surface area (TPSA) is 102 Å². The summed E-state index contributed by atoms with van der Waals surface area (Å²) in [5.41, 5.74) is 0.968. The first-order chi connectivity index (χ1) is 17.4. The largest absolute Gasteiger partial charge is 0.493 e. The van der Waals surface area contributed by atoms with Crippen LogP contribution in [0.2, 0.25) is 0 Å². The Morgan fingerprint density at radius 1 is 1.08 bits per heavy atom. The van der Waals surface area contributed by atoms with Gasteiger partial charge in [0.15, 0.2) is 11.5 Å². The van der Waals surface area contributed by atoms with Gasteiger partial charge in [-0.1, -0.05) is 6.07 Å². The van der Waals surface area contributed by atoms with E-state index >= 15 is 0 Å². The first-order valence-electron chi connectivity index (χ1n) is 12.1. The van der Waals surface area contributed by atoms with E-state index < -0.39 is 10.0 Å². The van der Waals surface area contributed by atoms with Gasteiger partial charge in [-0.25, -0.2) is 8.42 Å². The van der Waals surface area contributed by atoms with E-state index in [2.05, 4.69) is 4.90 Å². The molecule has 200 valence electrons. The summed E-state index contributed by atoms with van der Waals surface area (Å²) in [5, 5.41) is 0. The number of nitrogens with zero attached hydrogens (tertiary/aromatic N) is 3. The number of carbonyl (C=O) groups excluding carboxylic acids is 1. The summed E-state index contributed by atoms with van der Waals surface area (Å²) in [6.45, 7) is 5.60. The van der Waals surface area contributed by atoms with Gasteiger partial charge >= 0.3 is 0 Å². The smallest absolute Gasteiger partial charge is 0.238 e. The highest BCUT2D eigenvalue weighted by molar-refractivity contribution is 7.89. The van der Waals surface area contributed by atoms with E-state index in [1.165, 1.54) is 4.31 Å². The van der Waals surface area contributed by atoms with Gasteiger partial charge in [0.25, 0.3) is 0 Å². The number of carbonyl (C=O) groups is 1. The molecule has 3 rings (SSSR count). The normalized spacial score (nSPS) is 14.7. The quantitative estimate of drug-likeness (QED) is 0.370. The van der Waals surface area contributed by atoms with Crippen LogP contribution in [0.1, 0.15) is 18.2 Å². The first kappa shape index (κ1) is 28.0. The minimum absolute atomic E-state index is 0.0623. The summed E-state index contributed by atoms with van der Waals surface area (Å²) < 4.78 is 48.5. The number of morpholine rings is 1. The van der Waals surface area contributed by atoms with Gasteiger partial charge in [0.1, 0.15) is 5.76 Å². The monoisotopic (exact) mass is 523 g/mol. The number of methoxy groups -OCH3 is 2. The molecule has 1 saturated heterocycles. The van der Waals surface area contributed by atoms with E-state index in [0.717, 1.165) is 18.7 Å². The fourth-order valence-electron chi connectivity index (χ4n) is 4.01. The Hall–Kier alpha value is -2.60. The molecule has 1 aliphatic heterocycles. The van der Waals surface area contributed by atoms with Crippen LogP contribution in [0.3, 0.4) is 0 Å². The van der Waals surface area contributed by atoms with Gasteiger partial charge < -0.3 is 23.5 Å². The lowest BCUT2D eigenvalue weighted by Crippen LogP contribution is -2.47. The summed E-state index contributed by atoms with van der Waals surface area (Å²) in [6, 6.07) is 9.20. The Morgan fingerprint density at radius 2 is 1.83 bits per heavy atom. The third-order valence-electron chi connectivity index (χ3n) is 6.24. The minimum Gasteiger partial charge on any atom is -0.493 e. The highest BCUT2D eigenvalue weighted by atomic mass is 32.2. The highest BCUT2D eigenvalue weighted by Gasteiger charge is 2.27. The average molecular weight is 524 g/mol. The Balaban J connectivity index is 1.71. The molecule has 0 radical (unpaired) electrons. The number of hydrogen-bond donors (Lipinski definition) is 0. The van der Waals surface area contributed by atoms with Crippen LogP contribution in [-0.2, 0) is 32.5 Å². The summed E-state index contributed by atoms with van der Waals surface area (Å²) in [7, 11) is -0.404. The molecule has 1 aromatic heterocycles. The van der Waals surface area contributed by atoms with Gasteiger partial charge in [0, 0.05) is 32.7 Å². The molecule has 1 aromatic carbocycles. The SMILES string of the molecule is CCS(=O)(=O)N(CCN1CCOCC1)CC(=O)N(CCc1ccc(OC)c(OC)c1)Cc1ccco1. The third-order valence-corrected chi connectivity index (χ3v) is 8.07. The maximum Gasteiger partial charge on any atom is 0.238 e. The molecule has 0 saturated carbocycles. The van der Waals surface area contributed by atoms with E-state index in [1.54, 1.807) is 44.4 Å². The molecule has 10 nitrogen and oxygen atoms in total. The lowest BCUT2D eigenvalue weighted by Gasteiger charge is -2.30. The highest BCUT2D eigenvalue weighted by Crippen LogP contribution is 2.27. The molecule has 11 heteroatoms. The van der Waals surface area contributed by atoms with Crippen molar-refractivity contribution < 1.29 is 31.8 Å². The van der Waals surface area contributed by atoms with Crippen molar-refractivity contribution >= 4 is 15.9 Å². The maximum absolute atomic E-state index is 13.4. The van der Waals surface area contributed by atoms with Crippen LogP contribution < -0.4 is 9.47 Å². The van der Waals surface area contributed by atoms with Gasteiger partial charge in [-0.15, -0.1) is 0 Å². The van der Waals surface area contributed by atoms with Gasteiger partial charge in [-0.3, -0.25) is 9.69 Å². The molecule has 0 spiro atoms. The molecule has 1 fully saturated rings. The zero-order valence-electron chi connectivity index (χ0n) is 21.3. The predicted molar refractivity (Wildman–Crippen MR) is 136 cm³/mol. The van der Waals surface area contributed by atoms with E-state index in [0.29, 0.717) is 50.0 Å². The molecule has 0 atom stereocenters. The van der Waals surface area contributed by atoms with Gasteiger partial charge in [0.2, 0.25) is 15.9 Å². The molecule has 1 amide bonds. The fraction of sp³-hybridized carbons (Fsp3) is 0.560. The van der Waals surface area contributed by atoms with Crippen LogP contribution in [0.4, 0.5) is 0 Å². The molecule has 2 aromatic rings. The lowest BCUT2D eigenvalue weighted by atomic mass is 10.1. The van der Waals surface area contributed by atoms with Crippen LogP contribution >= 0.6 is 0 Å². The van der Waals surface area contributed by atoms with Crippen LogP contribution in [0.25, 0.3) is 0 Å². The number of furan rings is 1. The van der Waals surface area contributed by atoms with Gasteiger partial charge in [0.05, 0.1) is 52.5 Å². The molecular formula is C25H37N3O7S. The molecule has 0 bridgehead atoms. The Kier molecular flexibility index (Phi) is 10.6. The predicted octanol–water partition coefficient (Wildman–Crippen LogP) is 1.85. The van der Waals surface area contributed by atoms with Crippen molar-refractivity contribution in [2.75, 3.05) is 72.5 Å². The molecule has 1 aliphatic rings. The molecule has 0 unspecified atom stereocenters. The summed E-state index contributed by atoms with van der Waals surface area (Å²) >= 11 is 0. The van der Waals surface area contributed by atoms with Crippen molar-refractivity contribution in [3.63, 3.8) is 0 Å². The summed E-state index contributed by atoms with van der Waals surface area (Å²) in [6.07, 6.45) is 2.11. The van der Waals surface area contributed by atoms with Crippen LogP contribution in [0, 0.1) is 0 Å². The van der Waals surface area contributed by atoms with E-state index in [9.17, 15) is 13.2 Å². The zero-order valence-corrected chi connectivity index (χ0v) is 22.2. The van der Waals surface area contributed by atoms with Crippen LogP contribution in [-0.4, -0.2) is 101 Å². The van der Waals surface area contributed by atoms with Crippen molar-refractivity contribution in [3.05, 3.63) is 47.9 Å². The summed E-state index contributed by atoms with van der Waals surface area (Å²) in [4.78, 5) is 17.2.